The number of hydrogen-bond acceptors (Lipinski definition) is 10. The molecule has 0 radical (unpaired) electrons. The highest BCUT2D eigenvalue weighted by Crippen LogP contribution is 2.67. The zero-order chi connectivity index (χ0) is 52.8. The van der Waals surface area contributed by atoms with Gasteiger partial charge in [-0.05, 0) is 146 Å². The molecule has 0 saturated heterocycles. The Kier molecular flexibility index (Phi) is 19.3. The molecule has 3 aromatic carbocycles. The lowest BCUT2D eigenvalue weighted by atomic mass is 9.47. The number of amides is 4. The van der Waals surface area contributed by atoms with Crippen LogP contribution in [0.4, 0.5) is 16.2 Å². The van der Waals surface area contributed by atoms with Crippen LogP contribution in [0, 0.1) is 50.5 Å². The van der Waals surface area contributed by atoms with Gasteiger partial charge < -0.3 is 35.5 Å². The lowest BCUT2D eigenvalue weighted by Crippen LogP contribution is -2.50. The second-order valence-electron chi connectivity index (χ2n) is 22.0. The molecular weight excluding hydrogens is 939 g/mol. The van der Waals surface area contributed by atoms with E-state index in [1.54, 1.807) is 29.8 Å². The number of rotatable bonds is 24. The van der Waals surface area contributed by atoms with E-state index in [1.807, 2.05) is 30.3 Å². The average Bonchev–Trinajstić information content (AvgIpc) is 3.74. The molecule has 0 heterocycles. The number of nitro groups is 1. The van der Waals surface area contributed by atoms with Crippen molar-refractivity contribution >= 4 is 41.2 Å². The summed E-state index contributed by atoms with van der Waals surface area (Å²) in [5.74, 6) is 2.01. The second kappa shape index (κ2) is 25.7. The highest BCUT2D eigenvalue weighted by molar-refractivity contribution is 5.96. The molecule has 4 amide bonds. The molecule has 0 bridgehead atoms. The van der Waals surface area contributed by atoms with Crippen LogP contribution in [-0.4, -0.2) is 66.5 Å². The molecule has 4 N–H and O–H groups in total. The van der Waals surface area contributed by atoms with Gasteiger partial charge in [-0.1, -0.05) is 100 Å². The molecule has 74 heavy (non-hydrogen) atoms. The van der Waals surface area contributed by atoms with E-state index in [9.17, 15) is 34.1 Å². The number of ether oxygens (including phenoxy) is 3. The van der Waals surface area contributed by atoms with Gasteiger partial charge in [-0.2, -0.15) is 0 Å². The highest BCUT2D eigenvalue weighted by atomic mass is 16.7. The standard InChI is InChI=1S/C59H77N5O10/c1-39(2)11-9-12-40(3)49-25-26-50-48-24-17-43-36-47(29-31-58(43,4)51(48)30-32-59(49,50)5)72-34-10-33-60-53(65)27-28-54(66)63-52(35-41-13-7-6-8-14-41)56(68)61-37-55(67)62-44-18-15-42(16-19-44)38-73-57(69)74-46-22-20-45(21-23-46)64(70)71/h6-8,13-23,39,47-52H,3,9-12,24-38H2,1-2,4-5H3,(H,60,65)(H,61,68)(H,62,67)(H,63,66)/t47-,48-,49+,50-,51?,52-,58-,59+/m0/s1. The van der Waals surface area contributed by atoms with Gasteiger partial charge >= 0.3 is 6.16 Å². The van der Waals surface area contributed by atoms with Gasteiger partial charge in [0.2, 0.25) is 23.6 Å². The summed E-state index contributed by atoms with van der Waals surface area (Å²) in [5.41, 5.74) is 5.43. The lowest BCUT2D eigenvalue weighted by Gasteiger charge is -2.58. The van der Waals surface area contributed by atoms with Gasteiger partial charge in [0.05, 0.1) is 17.6 Å². The Balaban J connectivity index is 0.783. The fourth-order valence-electron chi connectivity index (χ4n) is 12.6. The van der Waals surface area contributed by atoms with E-state index in [0.29, 0.717) is 42.2 Å². The van der Waals surface area contributed by atoms with Crippen molar-refractivity contribution in [2.24, 2.45) is 40.4 Å². The van der Waals surface area contributed by atoms with Gasteiger partial charge in [0.1, 0.15) is 18.4 Å². The van der Waals surface area contributed by atoms with Crippen LogP contribution in [0.5, 0.6) is 5.75 Å². The predicted molar refractivity (Wildman–Crippen MR) is 284 cm³/mol. The summed E-state index contributed by atoms with van der Waals surface area (Å²) in [5, 5.41) is 21.8. The Labute approximate surface area is 436 Å². The number of carbonyl (C=O) groups is 5. The minimum atomic E-state index is -0.999. The molecule has 0 spiro atoms. The number of non-ortho nitro benzene ring substituents is 1. The first-order chi connectivity index (χ1) is 35.5. The molecule has 0 aromatic heterocycles. The van der Waals surface area contributed by atoms with Gasteiger partial charge in [-0.15, -0.1) is 0 Å². The minimum Gasteiger partial charge on any atom is -0.429 e. The molecule has 4 aliphatic carbocycles. The zero-order valence-corrected chi connectivity index (χ0v) is 43.8. The Morgan fingerprint density at radius 2 is 1.55 bits per heavy atom. The summed E-state index contributed by atoms with van der Waals surface area (Å²) in [6.45, 7) is 15.0. The molecule has 1 unspecified atom stereocenters. The average molecular weight is 1020 g/mol. The summed E-state index contributed by atoms with van der Waals surface area (Å²) in [7, 11) is 0. The molecular formula is C59H77N5O10. The number of allylic oxidation sites excluding steroid dienone is 2. The first-order valence-corrected chi connectivity index (χ1v) is 26.8. The Bertz CT molecular complexity index is 2480. The van der Waals surface area contributed by atoms with Crippen LogP contribution in [0.2, 0.25) is 0 Å². The Morgan fingerprint density at radius 1 is 0.811 bits per heavy atom. The number of nitrogens with zero attached hydrogens (tertiary/aromatic N) is 1. The molecule has 4 aliphatic rings. The Hall–Kier alpha value is -6.35. The molecule has 3 saturated carbocycles. The molecule has 3 aromatic rings. The van der Waals surface area contributed by atoms with E-state index < -0.39 is 34.8 Å². The van der Waals surface area contributed by atoms with Gasteiger partial charge in [-0.25, -0.2) is 4.79 Å². The van der Waals surface area contributed by atoms with Crippen molar-refractivity contribution < 1.29 is 43.1 Å². The number of nitro benzene ring substituents is 1. The van der Waals surface area contributed by atoms with Crippen LogP contribution in [0.25, 0.3) is 0 Å². The largest absolute Gasteiger partial charge is 0.514 e. The summed E-state index contributed by atoms with van der Waals surface area (Å²) < 4.78 is 16.6. The van der Waals surface area contributed by atoms with Gasteiger partial charge in [0.15, 0.2) is 0 Å². The third-order valence-corrected chi connectivity index (χ3v) is 16.6. The molecule has 15 heteroatoms. The normalized spacial score (nSPS) is 24.2. The Morgan fingerprint density at radius 3 is 2.28 bits per heavy atom. The molecule has 398 valence electrons. The van der Waals surface area contributed by atoms with E-state index >= 15 is 0 Å². The van der Waals surface area contributed by atoms with Crippen LogP contribution in [0.15, 0.2) is 103 Å². The van der Waals surface area contributed by atoms with Gasteiger partial charge in [-0.3, -0.25) is 29.3 Å². The maximum Gasteiger partial charge on any atom is 0.514 e. The highest BCUT2D eigenvalue weighted by Gasteiger charge is 2.59. The number of fused-ring (bicyclic) bond motifs is 5. The number of carbonyl (C=O) groups excluding carboxylic acids is 5. The first kappa shape index (κ1) is 55.4. The van der Waals surface area contributed by atoms with Crippen molar-refractivity contribution in [2.75, 3.05) is 25.0 Å². The minimum absolute atomic E-state index is 0.0445. The third-order valence-electron chi connectivity index (χ3n) is 16.6. The number of hydrogen-bond donors (Lipinski definition) is 4. The fourth-order valence-corrected chi connectivity index (χ4v) is 12.6. The monoisotopic (exact) mass is 1020 g/mol. The van der Waals surface area contributed by atoms with Crippen LogP contribution in [-0.2, 0) is 41.7 Å². The zero-order valence-electron chi connectivity index (χ0n) is 43.8. The van der Waals surface area contributed by atoms with Gasteiger partial charge in [0, 0.05) is 50.2 Å². The van der Waals surface area contributed by atoms with Crippen molar-refractivity contribution in [3.8, 4) is 5.75 Å². The summed E-state index contributed by atoms with van der Waals surface area (Å²) in [4.78, 5) is 74.5. The van der Waals surface area contributed by atoms with E-state index in [2.05, 4.69) is 61.6 Å². The topological polar surface area (TPSA) is 204 Å². The van der Waals surface area contributed by atoms with Crippen LogP contribution < -0.4 is 26.0 Å². The summed E-state index contributed by atoms with van der Waals surface area (Å²) >= 11 is 0. The van der Waals surface area contributed by atoms with Gasteiger partial charge in [0.25, 0.3) is 5.69 Å². The van der Waals surface area contributed by atoms with Crippen molar-refractivity contribution in [3.05, 3.63) is 124 Å². The number of anilines is 1. The number of benzene rings is 3. The molecule has 0 aliphatic heterocycles. The molecule has 15 nitrogen and oxygen atoms in total. The maximum absolute atomic E-state index is 13.4. The second-order valence-corrected chi connectivity index (χ2v) is 22.0. The fraction of sp³-hybridized carbons (Fsp3) is 0.542. The first-order valence-electron chi connectivity index (χ1n) is 26.8. The van der Waals surface area contributed by atoms with Crippen LogP contribution in [0.3, 0.4) is 0 Å². The summed E-state index contributed by atoms with van der Waals surface area (Å²) in [6.07, 6.45) is 15.9. The van der Waals surface area contributed by atoms with E-state index in [-0.39, 0.29) is 61.3 Å². The smallest absolute Gasteiger partial charge is 0.429 e. The SMILES string of the molecule is C=C(CCCC(C)C)[C@H]1CC[C@H]2[C@@H]3CC=C4C[C@@H](OCCCNC(=O)CCC(=O)N[C@@H](Cc5ccccc5)C(=O)NCC(=O)Nc5ccc(COC(=O)Oc6ccc([N+](=O)[O-])cc6)cc5)CC[C@]4(C)C3CC[C@]12C. The van der Waals surface area contributed by atoms with E-state index in [0.717, 1.165) is 48.5 Å². The quantitative estimate of drug-likeness (QED) is 0.0167. The predicted octanol–water partition coefficient (Wildman–Crippen LogP) is 10.7. The van der Waals surface area contributed by atoms with E-state index in [1.165, 1.54) is 81.2 Å². The molecule has 3 fully saturated rings. The molecule has 8 atom stereocenters. The van der Waals surface area contributed by atoms with Crippen molar-refractivity contribution in [1.82, 2.24) is 16.0 Å². The van der Waals surface area contributed by atoms with Crippen molar-refractivity contribution in [2.45, 2.75) is 143 Å². The van der Waals surface area contributed by atoms with Crippen molar-refractivity contribution in [3.63, 3.8) is 0 Å². The number of nitrogens with one attached hydrogen (secondary N) is 4. The van der Waals surface area contributed by atoms with Crippen LogP contribution in [0.1, 0.15) is 129 Å². The third kappa shape index (κ3) is 14.7. The van der Waals surface area contributed by atoms with E-state index in [4.69, 9.17) is 14.2 Å². The van der Waals surface area contributed by atoms with Crippen LogP contribution >= 0.6 is 0 Å². The summed E-state index contributed by atoms with van der Waals surface area (Å²) in [6, 6.07) is 19.6. The van der Waals surface area contributed by atoms with Crippen molar-refractivity contribution in [1.29, 1.82) is 0 Å². The maximum atomic E-state index is 13.4. The molecule has 7 rings (SSSR count). The lowest BCUT2D eigenvalue weighted by molar-refractivity contribution is -0.384.